The number of alkyl halides is 8. The molecule has 1 aliphatic rings. The molecular weight excluding hydrogens is 658 g/mol. The average Bonchev–Trinajstić information content (AvgIpc) is 3.66. The molecule has 1 aromatic carbocycles. The quantitative estimate of drug-likeness (QED) is 0.183. The van der Waals surface area contributed by atoms with Crippen molar-refractivity contribution in [2.24, 2.45) is 13.0 Å². The lowest BCUT2D eigenvalue weighted by Crippen LogP contribution is -2.40. The Morgan fingerprint density at radius 2 is 1.75 bits per heavy atom. The van der Waals surface area contributed by atoms with E-state index in [1.165, 1.54) is 42.1 Å². The van der Waals surface area contributed by atoms with E-state index < -0.39 is 60.6 Å². The van der Waals surface area contributed by atoms with Crippen molar-refractivity contribution in [3.63, 3.8) is 0 Å². The average molecular weight is 688 g/mol. The first-order valence-corrected chi connectivity index (χ1v) is 14.7. The van der Waals surface area contributed by atoms with E-state index in [0.29, 0.717) is 5.56 Å². The summed E-state index contributed by atoms with van der Waals surface area (Å²) in [5.74, 6) is -3.26. The van der Waals surface area contributed by atoms with Crippen LogP contribution < -0.4 is 15.4 Å². The van der Waals surface area contributed by atoms with Crippen LogP contribution in [0.2, 0.25) is 0 Å². The second-order valence-electron chi connectivity index (χ2n) is 11.4. The van der Waals surface area contributed by atoms with Gasteiger partial charge in [0.1, 0.15) is 22.6 Å². The fourth-order valence-electron chi connectivity index (χ4n) is 5.55. The molecule has 10 nitrogen and oxygen atoms in total. The number of nitrogens with one attached hydrogen (secondary N) is 3. The molecule has 2 amide bonds. The first kappa shape index (κ1) is 34.6. The standard InChI is InChI=1S/C30H29F8N7O3/c1-45-24(11-16-10-15(2-7-20(16)30(36,37)38)13-39-27(47)21-8-9-40-44-21)42-22-12-19(28(43-25(22)45)48-14-23(31)32)26(46)41-18-5-3-17(4-6-18)29(33,34)35/h2,7-10,12,17-18,23H,3-6,11,13-14H2,1H3,(H,39,47)(H,40,44)(H,41,46). The van der Waals surface area contributed by atoms with Gasteiger partial charge >= 0.3 is 12.4 Å². The Morgan fingerprint density at radius 3 is 2.38 bits per heavy atom. The summed E-state index contributed by atoms with van der Waals surface area (Å²) in [6.45, 7) is -1.23. The number of rotatable bonds is 10. The molecule has 18 heteroatoms. The molecule has 4 aromatic rings. The summed E-state index contributed by atoms with van der Waals surface area (Å²) in [6.07, 6.45) is -11.3. The van der Waals surface area contributed by atoms with Crippen LogP contribution in [-0.4, -0.2) is 61.8 Å². The third-order valence-electron chi connectivity index (χ3n) is 8.04. The molecule has 0 unspecified atom stereocenters. The Bertz CT molecular complexity index is 1760. The van der Waals surface area contributed by atoms with Crippen LogP contribution in [-0.2, 0) is 26.2 Å². The van der Waals surface area contributed by atoms with Crippen molar-refractivity contribution in [1.82, 2.24) is 35.4 Å². The number of imidazole rings is 1. The van der Waals surface area contributed by atoms with Gasteiger partial charge < -0.3 is 19.9 Å². The molecule has 0 atom stereocenters. The molecule has 3 heterocycles. The number of pyridine rings is 1. The SMILES string of the molecule is Cn1c(Cc2cc(CNC(=O)c3ccn[nH]3)ccc2C(F)(F)F)nc2cc(C(=O)NC3CCC(C(F)(F)F)CC3)c(OCC(F)F)nc21. The van der Waals surface area contributed by atoms with Crippen molar-refractivity contribution < 1.29 is 49.4 Å². The number of nitrogens with zero attached hydrogens (tertiary/aromatic N) is 4. The Hall–Kier alpha value is -4.77. The van der Waals surface area contributed by atoms with Crippen LogP contribution in [0, 0.1) is 5.92 Å². The van der Waals surface area contributed by atoms with Crippen molar-refractivity contribution in [1.29, 1.82) is 0 Å². The first-order valence-electron chi connectivity index (χ1n) is 14.7. The van der Waals surface area contributed by atoms with E-state index in [2.05, 4.69) is 30.8 Å². The molecular formula is C30H29F8N7O3. The Labute approximate surface area is 267 Å². The fourth-order valence-corrected chi connectivity index (χ4v) is 5.55. The van der Waals surface area contributed by atoms with E-state index in [1.807, 2.05) is 0 Å². The summed E-state index contributed by atoms with van der Waals surface area (Å²) in [4.78, 5) is 34.1. The smallest absolute Gasteiger partial charge is 0.416 e. The van der Waals surface area contributed by atoms with Gasteiger partial charge in [0.15, 0.2) is 12.3 Å². The lowest BCUT2D eigenvalue weighted by Gasteiger charge is -2.30. The van der Waals surface area contributed by atoms with Gasteiger partial charge in [-0.05, 0) is 55.0 Å². The van der Waals surface area contributed by atoms with Gasteiger partial charge in [-0.2, -0.15) is 36.4 Å². The van der Waals surface area contributed by atoms with Crippen LogP contribution in [0.15, 0.2) is 36.5 Å². The largest absolute Gasteiger partial charge is 0.471 e. The second-order valence-corrected chi connectivity index (χ2v) is 11.4. The summed E-state index contributed by atoms with van der Waals surface area (Å²) >= 11 is 0. The maximum atomic E-state index is 14.0. The number of hydrogen-bond donors (Lipinski definition) is 3. The molecule has 258 valence electrons. The summed E-state index contributed by atoms with van der Waals surface area (Å²) in [5, 5.41) is 11.4. The number of carbonyl (C=O) groups excluding carboxylic acids is 2. The van der Waals surface area contributed by atoms with Gasteiger partial charge in [-0.15, -0.1) is 0 Å². The van der Waals surface area contributed by atoms with Crippen molar-refractivity contribution in [2.45, 2.75) is 63.5 Å². The summed E-state index contributed by atoms with van der Waals surface area (Å²) in [6, 6.07) is 5.38. The predicted molar refractivity (Wildman–Crippen MR) is 153 cm³/mol. The van der Waals surface area contributed by atoms with E-state index >= 15 is 0 Å². The minimum atomic E-state index is -4.74. The zero-order valence-electron chi connectivity index (χ0n) is 25.2. The minimum Gasteiger partial charge on any atom is -0.471 e. The van der Waals surface area contributed by atoms with Crippen LogP contribution in [0.4, 0.5) is 35.1 Å². The molecule has 1 fully saturated rings. The third-order valence-corrected chi connectivity index (χ3v) is 8.04. The Kier molecular flexibility index (Phi) is 9.91. The van der Waals surface area contributed by atoms with Crippen LogP contribution in [0.25, 0.3) is 11.2 Å². The minimum absolute atomic E-state index is 0.0213. The fraction of sp³-hybridized carbons (Fsp3) is 0.433. The molecule has 48 heavy (non-hydrogen) atoms. The van der Waals surface area contributed by atoms with E-state index in [0.717, 1.165) is 6.07 Å². The first-order chi connectivity index (χ1) is 22.6. The number of hydrogen-bond acceptors (Lipinski definition) is 6. The topological polar surface area (TPSA) is 127 Å². The molecule has 3 N–H and O–H groups in total. The van der Waals surface area contributed by atoms with E-state index in [1.54, 1.807) is 0 Å². The van der Waals surface area contributed by atoms with Crippen molar-refractivity contribution in [3.8, 4) is 5.88 Å². The van der Waals surface area contributed by atoms with Gasteiger partial charge in [0.25, 0.3) is 18.2 Å². The highest BCUT2D eigenvalue weighted by molar-refractivity contribution is 5.99. The van der Waals surface area contributed by atoms with E-state index in [4.69, 9.17) is 4.74 Å². The van der Waals surface area contributed by atoms with Gasteiger partial charge in [0.05, 0.1) is 11.5 Å². The molecule has 0 radical (unpaired) electrons. The number of ether oxygens (including phenoxy) is 1. The normalized spacial score (nSPS) is 17.1. The molecule has 3 aromatic heterocycles. The van der Waals surface area contributed by atoms with Crippen molar-refractivity contribution in [3.05, 3.63) is 70.3 Å². The molecule has 0 aliphatic heterocycles. The number of fused-ring (bicyclic) bond motifs is 1. The number of aryl methyl sites for hydroxylation is 1. The highest BCUT2D eigenvalue weighted by atomic mass is 19.4. The molecule has 0 spiro atoms. The molecule has 0 saturated heterocycles. The number of H-pyrrole nitrogens is 1. The zero-order valence-corrected chi connectivity index (χ0v) is 25.2. The maximum Gasteiger partial charge on any atom is 0.416 e. The number of benzene rings is 1. The Balaban J connectivity index is 1.42. The molecule has 0 bridgehead atoms. The Morgan fingerprint density at radius 1 is 1.02 bits per heavy atom. The van der Waals surface area contributed by atoms with E-state index in [9.17, 15) is 44.7 Å². The van der Waals surface area contributed by atoms with Gasteiger partial charge in [-0.1, -0.05) is 12.1 Å². The summed E-state index contributed by atoms with van der Waals surface area (Å²) < 4.78 is 114. The van der Waals surface area contributed by atoms with Crippen LogP contribution in [0.1, 0.15) is 69.0 Å². The summed E-state index contributed by atoms with van der Waals surface area (Å²) in [7, 11) is 1.44. The molecule has 1 aliphatic carbocycles. The summed E-state index contributed by atoms with van der Waals surface area (Å²) in [5.41, 5.74) is -0.867. The van der Waals surface area contributed by atoms with Crippen LogP contribution in [0.5, 0.6) is 5.88 Å². The van der Waals surface area contributed by atoms with Gasteiger partial charge in [-0.25, -0.2) is 13.8 Å². The number of aromatic nitrogens is 5. The lowest BCUT2D eigenvalue weighted by atomic mass is 9.85. The van der Waals surface area contributed by atoms with Crippen LogP contribution in [0.3, 0.4) is 0 Å². The third kappa shape index (κ3) is 8.02. The molecule has 5 rings (SSSR count). The van der Waals surface area contributed by atoms with Crippen LogP contribution >= 0.6 is 0 Å². The number of halogens is 8. The van der Waals surface area contributed by atoms with Crippen molar-refractivity contribution in [2.75, 3.05) is 6.61 Å². The number of amides is 2. The maximum absolute atomic E-state index is 14.0. The molecule has 1 saturated carbocycles. The second kappa shape index (κ2) is 13.8. The number of carbonyl (C=O) groups is 2. The van der Waals surface area contributed by atoms with Gasteiger partial charge in [-0.3, -0.25) is 14.7 Å². The van der Waals surface area contributed by atoms with Gasteiger partial charge in [0, 0.05) is 32.3 Å². The van der Waals surface area contributed by atoms with Gasteiger partial charge in [0.2, 0.25) is 5.88 Å². The lowest BCUT2D eigenvalue weighted by molar-refractivity contribution is -0.182. The van der Waals surface area contributed by atoms with Crippen molar-refractivity contribution >= 4 is 23.0 Å². The van der Waals surface area contributed by atoms with E-state index in [-0.39, 0.29) is 72.5 Å². The zero-order chi connectivity index (χ0) is 34.8. The highest BCUT2D eigenvalue weighted by Gasteiger charge is 2.41. The number of aromatic amines is 1. The predicted octanol–water partition coefficient (Wildman–Crippen LogP) is 5.73. The monoisotopic (exact) mass is 687 g/mol. The highest BCUT2D eigenvalue weighted by Crippen LogP contribution is 2.38.